The normalized spacial score (nSPS) is 15.8. The summed E-state index contributed by atoms with van der Waals surface area (Å²) in [5.74, 6) is 0.0327. The fourth-order valence-electron chi connectivity index (χ4n) is 2.19. The van der Waals surface area contributed by atoms with E-state index in [0.717, 1.165) is 5.56 Å². The van der Waals surface area contributed by atoms with Crippen molar-refractivity contribution < 1.29 is 23.8 Å². The highest BCUT2D eigenvalue weighted by Gasteiger charge is 2.19. The van der Waals surface area contributed by atoms with Crippen molar-refractivity contribution in [2.75, 3.05) is 32.9 Å². The van der Waals surface area contributed by atoms with E-state index in [1.807, 2.05) is 0 Å². The lowest BCUT2D eigenvalue weighted by atomic mass is 10.1. The van der Waals surface area contributed by atoms with Crippen molar-refractivity contribution in [1.29, 1.82) is 0 Å². The van der Waals surface area contributed by atoms with Gasteiger partial charge in [-0.3, -0.25) is 4.79 Å². The summed E-state index contributed by atoms with van der Waals surface area (Å²) in [4.78, 5) is 25.1. The number of ether oxygens (including phenoxy) is 3. The maximum absolute atomic E-state index is 12.0. The Kier molecular flexibility index (Phi) is 6.37. The second-order valence-corrected chi connectivity index (χ2v) is 5.17. The average molecular weight is 322 g/mol. The SMILES string of the molecule is CCOC(=O)[C@@H](N)Cc1ccc(OC(=O)N2CCOCC2)cc1. The van der Waals surface area contributed by atoms with Crippen LogP contribution in [0.5, 0.6) is 5.75 Å². The van der Waals surface area contributed by atoms with Crippen LogP contribution >= 0.6 is 0 Å². The van der Waals surface area contributed by atoms with Crippen LogP contribution < -0.4 is 10.5 Å². The number of esters is 1. The molecule has 7 nitrogen and oxygen atoms in total. The molecule has 1 atom stereocenters. The number of morpholine rings is 1. The van der Waals surface area contributed by atoms with Crippen LogP contribution in [0.15, 0.2) is 24.3 Å². The average Bonchev–Trinajstić information content (AvgIpc) is 2.57. The number of rotatable bonds is 5. The quantitative estimate of drug-likeness (QED) is 0.812. The second kappa shape index (κ2) is 8.50. The standard InChI is InChI=1S/C16H22N2O5/c1-2-22-15(19)14(17)11-12-3-5-13(6-4-12)23-16(20)18-7-9-21-10-8-18/h3-6,14H,2,7-11,17H2,1H3/t14-/m0/s1. The summed E-state index contributed by atoms with van der Waals surface area (Å²) >= 11 is 0. The van der Waals surface area contributed by atoms with E-state index < -0.39 is 12.0 Å². The number of hydrogen-bond acceptors (Lipinski definition) is 6. The third-order valence-corrected chi connectivity index (χ3v) is 3.44. The maximum Gasteiger partial charge on any atom is 0.415 e. The first-order valence-electron chi connectivity index (χ1n) is 7.65. The molecule has 0 saturated carbocycles. The van der Waals surface area contributed by atoms with Gasteiger partial charge >= 0.3 is 12.1 Å². The van der Waals surface area contributed by atoms with Crippen LogP contribution in [0.2, 0.25) is 0 Å². The molecule has 2 N–H and O–H groups in total. The Morgan fingerprint density at radius 2 is 1.91 bits per heavy atom. The van der Waals surface area contributed by atoms with Gasteiger partial charge in [-0.15, -0.1) is 0 Å². The van der Waals surface area contributed by atoms with Crippen LogP contribution in [0.3, 0.4) is 0 Å². The molecule has 0 aliphatic carbocycles. The Labute approximate surface area is 135 Å². The largest absolute Gasteiger partial charge is 0.465 e. The molecule has 0 unspecified atom stereocenters. The van der Waals surface area contributed by atoms with E-state index in [1.54, 1.807) is 36.1 Å². The molecule has 1 aliphatic heterocycles. The zero-order valence-corrected chi connectivity index (χ0v) is 13.2. The zero-order valence-electron chi connectivity index (χ0n) is 13.2. The van der Waals surface area contributed by atoms with Gasteiger partial charge in [-0.2, -0.15) is 0 Å². The number of amides is 1. The smallest absolute Gasteiger partial charge is 0.415 e. The highest BCUT2D eigenvalue weighted by molar-refractivity contribution is 5.76. The van der Waals surface area contributed by atoms with Gasteiger partial charge in [0.1, 0.15) is 11.8 Å². The summed E-state index contributed by atoms with van der Waals surface area (Å²) in [6.45, 7) is 4.17. The van der Waals surface area contributed by atoms with Gasteiger partial charge in [-0.05, 0) is 31.0 Å². The fourth-order valence-corrected chi connectivity index (χ4v) is 2.19. The maximum atomic E-state index is 12.0. The van der Waals surface area contributed by atoms with Gasteiger partial charge in [0.15, 0.2) is 0 Å². The van der Waals surface area contributed by atoms with Gasteiger partial charge in [0.05, 0.1) is 19.8 Å². The van der Waals surface area contributed by atoms with Crippen molar-refractivity contribution in [2.24, 2.45) is 5.73 Å². The molecule has 0 aromatic heterocycles. The first-order chi connectivity index (χ1) is 11.1. The van der Waals surface area contributed by atoms with E-state index in [-0.39, 0.29) is 6.09 Å². The molecule has 0 bridgehead atoms. The molecule has 1 saturated heterocycles. The van der Waals surface area contributed by atoms with Crippen LogP contribution in [-0.4, -0.2) is 55.9 Å². The monoisotopic (exact) mass is 322 g/mol. The number of benzene rings is 1. The summed E-state index contributed by atoms with van der Waals surface area (Å²) < 4.78 is 15.4. The number of carbonyl (C=O) groups is 2. The predicted molar refractivity (Wildman–Crippen MR) is 83.2 cm³/mol. The molecular formula is C16H22N2O5. The first kappa shape index (κ1) is 17.2. The molecule has 1 aliphatic rings. The summed E-state index contributed by atoms with van der Waals surface area (Å²) in [5, 5.41) is 0. The highest BCUT2D eigenvalue weighted by atomic mass is 16.6. The van der Waals surface area contributed by atoms with E-state index in [4.69, 9.17) is 19.9 Å². The second-order valence-electron chi connectivity index (χ2n) is 5.17. The van der Waals surface area contributed by atoms with Gasteiger partial charge in [0.2, 0.25) is 0 Å². The zero-order chi connectivity index (χ0) is 16.7. The Morgan fingerprint density at radius 1 is 1.26 bits per heavy atom. The summed E-state index contributed by atoms with van der Waals surface area (Å²) in [5.41, 5.74) is 6.65. The Morgan fingerprint density at radius 3 is 2.52 bits per heavy atom. The van der Waals surface area contributed by atoms with Crippen LogP contribution in [0.1, 0.15) is 12.5 Å². The van der Waals surface area contributed by atoms with Crippen LogP contribution in [0.4, 0.5) is 4.79 Å². The number of nitrogens with zero attached hydrogens (tertiary/aromatic N) is 1. The van der Waals surface area contributed by atoms with Gasteiger partial charge in [-0.25, -0.2) is 4.79 Å². The lowest BCUT2D eigenvalue weighted by Crippen LogP contribution is -2.42. The topological polar surface area (TPSA) is 91.1 Å². The van der Waals surface area contributed by atoms with Crippen LogP contribution in [0.25, 0.3) is 0 Å². The molecule has 7 heteroatoms. The lowest BCUT2D eigenvalue weighted by Gasteiger charge is -2.25. The van der Waals surface area contributed by atoms with Crippen LogP contribution in [0, 0.1) is 0 Å². The van der Waals surface area contributed by atoms with Gasteiger partial charge < -0.3 is 24.8 Å². The van der Waals surface area contributed by atoms with Crippen molar-refractivity contribution >= 4 is 12.1 Å². The highest BCUT2D eigenvalue weighted by Crippen LogP contribution is 2.15. The molecule has 126 valence electrons. The van der Waals surface area contributed by atoms with Crippen molar-refractivity contribution in [2.45, 2.75) is 19.4 Å². The molecule has 0 radical (unpaired) electrons. The molecule has 1 aromatic carbocycles. The molecule has 0 spiro atoms. The fraction of sp³-hybridized carbons (Fsp3) is 0.500. The molecule has 1 heterocycles. The predicted octanol–water partition coefficient (Wildman–Crippen LogP) is 0.951. The Balaban J connectivity index is 1.86. The summed E-state index contributed by atoms with van der Waals surface area (Å²) in [7, 11) is 0. The molecule has 1 fully saturated rings. The van der Waals surface area contributed by atoms with E-state index in [0.29, 0.717) is 45.1 Å². The Bertz CT molecular complexity index is 526. The number of nitrogens with two attached hydrogens (primary N) is 1. The van der Waals surface area contributed by atoms with Crippen molar-refractivity contribution in [1.82, 2.24) is 4.90 Å². The molecule has 1 aromatic rings. The summed E-state index contributed by atoms with van der Waals surface area (Å²) in [6.07, 6.45) is -0.0134. The van der Waals surface area contributed by atoms with E-state index in [9.17, 15) is 9.59 Å². The molecule has 2 rings (SSSR count). The van der Waals surface area contributed by atoms with E-state index >= 15 is 0 Å². The number of carbonyl (C=O) groups excluding carboxylic acids is 2. The minimum atomic E-state index is -0.697. The van der Waals surface area contributed by atoms with Crippen molar-refractivity contribution in [3.63, 3.8) is 0 Å². The third-order valence-electron chi connectivity index (χ3n) is 3.44. The lowest BCUT2D eigenvalue weighted by molar-refractivity contribution is -0.144. The van der Waals surface area contributed by atoms with Crippen LogP contribution in [-0.2, 0) is 20.7 Å². The molecular weight excluding hydrogens is 300 g/mol. The first-order valence-corrected chi connectivity index (χ1v) is 7.65. The molecule has 23 heavy (non-hydrogen) atoms. The third kappa shape index (κ3) is 5.22. The number of hydrogen-bond donors (Lipinski definition) is 1. The minimum Gasteiger partial charge on any atom is -0.465 e. The van der Waals surface area contributed by atoms with Gasteiger partial charge in [0, 0.05) is 13.1 Å². The van der Waals surface area contributed by atoms with Gasteiger partial charge in [0.25, 0.3) is 0 Å². The molecule has 1 amide bonds. The van der Waals surface area contributed by atoms with Crippen molar-refractivity contribution in [3.8, 4) is 5.75 Å². The Hall–Kier alpha value is -2.12. The summed E-state index contributed by atoms with van der Waals surface area (Å²) in [6, 6.07) is 6.23. The minimum absolute atomic E-state index is 0.308. The van der Waals surface area contributed by atoms with E-state index in [1.165, 1.54) is 0 Å². The van der Waals surface area contributed by atoms with Gasteiger partial charge in [-0.1, -0.05) is 12.1 Å². The van der Waals surface area contributed by atoms with E-state index in [2.05, 4.69) is 0 Å². The van der Waals surface area contributed by atoms with Crippen molar-refractivity contribution in [3.05, 3.63) is 29.8 Å².